The van der Waals surface area contributed by atoms with Gasteiger partial charge in [-0.3, -0.25) is 4.79 Å². The van der Waals surface area contributed by atoms with Gasteiger partial charge in [0.15, 0.2) is 5.78 Å². The zero-order chi connectivity index (χ0) is 12.3. The number of sulfonamides is 1. The molecule has 0 heterocycles. The first-order valence-corrected chi connectivity index (χ1v) is 6.18. The molecule has 0 bridgehead atoms. The third kappa shape index (κ3) is 2.59. The summed E-state index contributed by atoms with van der Waals surface area (Å²) in [5.41, 5.74) is 0.409. The molecular weight excluding hydrogens is 230 g/mol. The van der Waals surface area contributed by atoms with Crippen LogP contribution >= 0.6 is 0 Å². The molecule has 0 aromatic heterocycles. The molecule has 1 rings (SSSR count). The fourth-order valence-corrected chi connectivity index (χ4v) is 1.96. The van der Waals surface area contributed by atoms with E-state index in [1.54, 1.807) is 6.92 Å². The first kappa shape index (κ1) is 12.7. The zero-order valence-electron chi connectivity index (χ0n) is 9.06. The van der Waals surface area contributed by atoms with Gasteiger partial charge in [-0.1, -0.05) is 6.92 Å². The Hall–Kier alpha value is -1.40. The number of hydrogen-bond acceptors (Lipinski definition) is 4. The van der Waals surface area contributed by atoms with Crippen LogP contribution in [-0.4, -0.2) is 21.3 Å². The van der Waals surface area contributed by atoms with Crippen molar-refractivity contribution in [2.24, 2.45) is 5.14 Å². The zero-order valence-corrected chi connectivity index (χ0v) is 9.87. The maximum atomic E-state index is 11.4. The molecule has 0 aliphatic heterocycles. The standard InChI is InChI=1S/C10H13NO4S/c1-3-8(12)7-4-5-10(16(11,13)14)9(6-7)15-2/h4-6H,3H2,1-2H3,(H2,11,13,14). The minimum absolute atomic E-state index is 0.0840. The predicted molar refractivity (Wildman–Crippen MR) is 59.0 cm³/mol. The van der Waals surface area contributed by atoms with Gasteiger partial charge in [-0.2, -0.15) is 0 Å². The molecule has 1 aromatic carbocycles. The number of nitrogens with two attached hydrogens (primary N) is 1. The quantitative estimate of drug-likeness (QED) is 0.797. The molecule has 0 radical (unpaired) electrons. The lowest BCUT2D eigenvalue weighted by atomic mass is 10.1. The highest BCUT2D eigenvalue weighted by atomic mass is 32.2. The average Bonchev–Trinajstić information content (AvgIpc) is 2.25. The Morgan fingerprint density at radius 2 is 2.06 bits per heavy atom. The number of ether oxygens (including phenoxy) is 1. The van der Waals surface area contributed by atoms with Crippen LogP contribution in [0.25, 0.3) is 0 Å². The fraction of sp³-hybridized carbons (Fsp3) is 0.300. The number of carbonyl (C=O) groups is 1. The lowest BCUT2D eigenvalue weighted by Gasteiger charge is -2.07. The summed E-state index contributed by atoms with van der Waals surface area (Å²) >= 11 is 0. The second-order valence-electron chi connectivity index (χ2n) is 3.19. The van der Waals surface area contributed by atoms with Gasteiger partial charge in [0, 0.05) is 12.0 Å². The highest BCUT2D eigenvalue weighted by Gasteiger charge is 2.16. The van der Waals surface area contributed by atoms with Gasteiger partial charge in [-0.25, -0.2) is 13.6 Å². The Morgan fingerprint density at radius 3 is 2.50 bits per heavy atom. The molecule has 0 saturated carbocycles. The molecule has 0 spiro atoms. The van der Waals surface area contributed by atoms with E-state index in [2.05, 4.69) is 0 Å². The van der Waals surface area contributed by atoms with Gasteiger partial charge in [-0.15, -0.1) is 0 Å². The second-order valence-corrected chi connectivity index (χ2v) is 4.72. The molecule has 2 N–H and O–H groups in total. The summed E-state index contributed by atoms with van der Waals surface area (Å²) in [6.45, 7) is 1.72. The highest BCUT2D eigenvalue weighted by molar-refractivity contribution is 7.89. The smallest absolute Gasteiger partial charge is 0.241 e. The van der Waals surface area contributed by atoms with E-state index in [0.717, 1.165) is 0 Å². The van der Waals surface area contributed by atoms with Crippen molar-refractivity contribution in [3.05, 3.63) is 23.8 Å². The van der Waals surface area contributed by atoms with Crippen molar-refractivity contribution in [1.82, 2.24) is 0 Å². The topological polar surface area (TPSA) is 86.5 Å². The van der Waals surface area contributed by atoms with Gasteiger partial charge in [-0.05, 0) is 18.2 Å². The largest absolute Gasteiger partial charge is 0.495 e. The number of primary sulfonamides is 1. The number of Topliss-reactive ketones (excluding diaryl/α,β-unsaturated/α-hetero) is 1. The van der Waals surface area contributed by atoms with Crippen LogP contribution in [0.3, 0.4) is 0 Å². The van der Waals surface area contributed by atoms with E-state index >= 15 is 0 Å². The van der Waals surface area contributed by atoms with Crippen LogP contribution in [0.2, 0.25) is 0 Å². The number of ketones is 1. The molecule has 0 aliphatic carbocycles. The van der Waals surface area contributed by atoms with Gasteiger partial charge < -0.3 is 4.74 Å². The van der Waals surface area contributed by atoms with Crippen LogP contribution in [0.1, 0.15) is 23.7 Å². The molecule has 0 atom stereocenters. The summed E-state index contributed by atoms with van der Waals surface area (Å²) in [5.74, 6) is 0.000990. The summed E-state index contributed by atoms with van der Waals surface area (Å²) < 4.78 is 27.2. The molecule has 0 saturated heterocycles. The van der Waals surface area contributed by atoms with Crippen molar-refractivity contribution in [3.63, 3.8) is 0 Å². The Morgan fingerprint density at radius 1 is 1.44 bits per heavy atom. The predicted octanol–water partition coefficient (Wildman–Crippen LogP) is 0.935. The Bertz CT molecular complexity index is 508. The molecule has 0 aliphatic rings. The van der Waals surface area contributed by atoms with Gasteiger partial charge in [0.25, 0.3) is 0 Å². The third-order valence-electron chi connectivity index (χ3n) is 2.11. The SMILES string of the molecule is CCC(=O)c1ccc(S(N)(=O)=O)c(OC)c1. The highest BCUT2D eigenvalue weighted by Crippen LogP contribution is 2.24. The second kappa shape index (κ2) is 4.63. The molecule has 0 fully saturated rings. The Kier molecular flexibility index (Phi) is 3.66. The van der Waals surface area contributed by atoms with E-state index in [-0.39, 0.29) is 16.4 Å². The fourth-order valence-electron chi connectivity index (χ4n) is 1.28. The van der Waals surface area contributed by atoms with E-state index in [0.29, 0.717) is 12.0 Å². The number of rotatable bonds is 4. The van der Waals surface area contributed by atoms with Crippen LogP contribution in [-0.2, 0) is 10.0 Å². The maximum Gasteiger partial charge on any atom is 0.241 e. The molecule has 0 unspecified atom stereocenters. The number of hydrogen-bond donors (Lipinski definition) is 1. The molecular formula is C10H13NO4S. The molecule has 5 nitrogen and oxygen atoms in total. The number of carbonyl (C=O) groups excluding carboxylic acids is 1. The number of methoxy groups -OCH3 is 1. The monoisotopic (exact) mass is 243 g/mol. The summed E-state index contributed by atoms with van der Waals surface area (Å²) in [7, 11) is -2.51. The van der Waals surface area contributed by atoms with Gasteiger partial charge in [0.1, 0.15) is 10.6 Å². The van der Waals surface area contributed by atoms with Crippen molar-refractivity contribution < 1.29 is 17.9 Å². The first-order valence-electron chi connectivity index (χ1n) is 4.64. The van der Waals surface area contributed by atoms with Crippen LogP contribution in [0.15, 0.2) is 23.1 Å². The summed E-state index contributed by atoms with van der Waals surface area (Å²) in [4.78, 5) is 11.3. The maximum absolute atomic E-state index is 11.4. The van der Waals surface area contributed by atoms with E-state index in [1.165, 1.54) is 25.3 Å². The van der Waals surface area contributed by atoms with Crippen molar-refractivity contribution in [2.45, 2.75) is 18.2 Å². The summed E-state index contributed by atoms with van der Waals surface area (Å²) in [5, 5.41) is 5.00. The minimum Gasteiger partial charge on any atom is -0.495 e. The lowest BCUT2D eigenvalue weighted by molar-refractivity contribution is 0.0987. The molecule has 1 aromatic rings. The van der Waals surface area contributed by atoms with E-state index in [1.807, 2.05) is 0 Å². The van der Waals surface area contributed by atoms with Crippen molar-refractivity contribution in [2.75, 3.05) is 7.11 Å². The van der Waals surface area contributed by atoms with Crippen LogP contribution < -0.4 is 9.88 Å². The van der Waals surface area contributed by atoms with Gasteiger partial charge in [0.2, 0.25) is 10.0 Å². The normalized spacial score (nSPS) is 11.2. The summed E-state index contributed by atoms with van der Waals surface area (Å²) in [6.07, 6.45) is 0.345. The van der Waals surface area contributed by atoms with Gasteiger partial charge in [0.05, 0.1) is 7.11 Å². The molecule has 6 heteroatoms. The van der Waals surface area contributed by atoms with Crippen LogP contribution in [0.4, 0.5) is 0 Å². The van der Waals surface area contributed by atoms with Crippen LogP contribution in [0, 0.1) is 0 Å². The molecule has 16 heavy (non-hydrogen) atoms. The molecule has 88 valence electrons. The van der Waals surface area contributed by atoms with Crippen LogP contribution in [0.5, 0.6) is 5.75 Å². The van der Waals surface area contributed by atoms with E-state index < -0.39 is 10.0 Å². The van der Waals surface area contributed by atoms with Crippen molar-refractivity contribution in [1.29, 1.82) is 0 Å². The third-order valence-corrected chi connectivity index (χ3v) is 3.06. The van der Waals surface area contributed by atoms with Crippen molar-refractivity contribution >= 4 is 15.8 Å². The number of benzene rings is 1. The summed E-state index contributed by atoms with van der Waals surface area (Å²) in [6, 6.07) is 4.08. The first-order chi connectivity index (χ1) is 7.40. The minimum atomic E-state index is -3.83. The van der Waals surface area contributed by atoms with Crippen molar-refractivity contribution in [3.8, 4) is 5.75 Å². The average molecular weight is 243 g/mol. The molecule has 0 amide bonds. The van der Waals surface area contributed by atoms with E-state index in [9.17, 15) is 13.2 Å². The van der Waals surface area contributed by atoms with Gasteiger partial charge >= 0.3 is 0 Å². The Balaban J connectivity index is 3.33. The lowest BCUT2D eigenvalue weighted by Crippen LogP contribution is -2.14. The van der Waals surface area contributed by atoms with E-state index in [4.69, 9.17) is 9.88 Å². The Labute approximate surface area is 94.3 Å².